The molecule has 17 heavy (non-hydrogen) atoms. The molecule has 0 spiro atoms. The molecule has 0 aliphatic heterocycles. The molecule has 2 rings (SSSR count). The summed E-state index contributed by atoms with van der Waals surface area (Å²) in [4.78, 5) is 0. The first-order chi connectivity index (χ1) is 8.09. The second kappa shape index (κ2) is 4.48. The molecule has 86 valence electrons. The van der Waals surface area contributed by atoms with Gasteiger partial charge in [-0.15, -0.1) is 5.73 Å². The molecule has 1 aromatic carbocycles. The van der Waals surface area contributed by atoms with Gasteiger partial charge in [-0.1, -0.05) is 56.3 Å². The molecule has 0 amide bonds. The van der Waals surface area contributed by atoms with Crippen LogP contribution >= 0.6 is 0 Å². The Morgan fingerprint density at radius 3 is 2.53 bits per heavy atom. The van der Waals surface area contributed by atoms with Crippen LogP contribution in [-0.4, -0.2) is 0 Å². The zero-order valence-corrected chi connectivity index (χ0v) is 10.3. The second-order valence-corrected chi connectivity index (χ2v) is 4.77. The summed E-state index contributed by atoms with van der Waals surface area (Å²) in [6, 6.07) is 10.0. The zero-order chi connectivity index (χ0) is 12.3. The Kier molecular flexibility index (Phi) is 3.03. The molecule has 0 aromatic heterocycles. The molecule has 1 heteroatoms. The number of hydrogen-bond acceptors (Lipinski definition) is 1. The fraction of sp³-hybridized carbons (Fsp3) is 0.188. The molecule has 0 bridgehead atoms. The predicted octanol–water partition coefficient (Wildman–Crippen LogP) is 3.66. The van der Waals surface area contributed by atoms with E-state index in [4.69, 9.17) is 5.73 Å². The molecule has 1 aliphatic carbocycles. The van der Waals surface area contributed by atoms with E-state index in [0.717, 1.165) is 16.8 Å². The molecule has 0 atom stereocenters. The summed E-state index contributed by atoms with van der Waals surface area (Å²) < 4.78 is 0. The molecular formula is C16H17N. The fourth-order valence-corrected chi connectivity index (χ4v) is 1.91. The van der Waals surface area contributed by atoms with Crippen LogP contribution in [0.3, 0.4) is 0 Å². The summed E-state index contributed by atoms with van der Waals surface area (Å²) in [5.41, 5.74) is 12.3. The molecule has 1 aliphatic rings. The third-order valence-electron chi connectivity index (χ3n) is 2.92. The molecule has 0 saturated carbocycles. The molecule has 0 fully saturated rings. The van der Waals surface area contributed by atoms with Crippen LogP contribution in [-0.2, 0) is 0 Å². The van der Waals surface area contributed by atoms with E-state index in [1.807, 2.05) is 42.5 Å². The average molecular weight is 223 g/mol. The molecule has 0 radical (unpaired) electrons. The standard InChI is InChI=1S/C16H17N/c1-16(2,14-10-6-7-11-14)12-15(17)13-8-4-3-5-9-13/h3-10,12H,17H2,1-2H3/b15-12+. The van der Waals surface area contributed by atoms with Crippen LogP contribution in [0, 0.1) is 5.41 Å². The lowest BCUT2D eigenvalue weighted by atomic mass is 9.83. The molecule has 0 unspecified atom stereocenters. The highest BCUT2D eigenvalue weighted by Gasteiger charge is 2.20. The summed E-state index contributed by atoms with van der Waals surface area (Å²) in [5.74, 6) is 0. The van der Waals surface area contributed by atoms with Crippen molar-refractivity contribution in [3.63, 3.8) is 0 Å². The average Bonchev–Trinajstić information content (AvgIpc) is 2.84. The lowest BCUT2D eigenvalue weighted by molar-refractivity contribution is 0.598. The minimum atomic E-state index is -0.0938. The van der Waals surface area contributed by atoms with Crippen LogP contribution in [0.15, 0.2) is 65.9 Å². The molecule has 1 nitrogen and oxygen atoms in total. The third kappa shape index (κ3) is 2.58. The van der Waals surface area contributed by atoms with Crippen LogP contribution in [0.4, 0.5) is 0 Å². The van der Waals surface area contributed by atoms with E-state index in [1.165, 1.54) is 0 Å². The van der Waals surface area contributed by atoms with Gasteiger partial charge in [-0.05, 0) is 17.7 Å². The van der Waals surface area contributed by atoms with Crippen LogP contribution < -0.4 is 5.73 Å². The Morgan fingerprint density at radius 1 is 1.24 bits per heavy atom. The van der Waals surface area contributed by atoms with Gasteiger partial charge in [0.15, 0.2) is 0 Å². The maximum atomic E-state index is 6.13. The van der Waals surface area contributed by atoms with Gasteiger partial charge in [0, 0.05) is 16.7 Å². The van der Waals surface area contributed by atoms with E-state index >= 15 is 0 Å². The van der Waals surface area contributed by atoms with Gasteiger partial charge in [0.1, 0.15) is 0 Å². The van der Waals surface area contributed by atoms with E-state index in [0.29, 0.717) is 0 Å². The van der Waals surface area contributed by atoms with Crippen molar-refractivity contribution in [2.45, 2.75) is 13.8 Å². The van der Waals surface area contributed by atoms with Gasteiger partial charge in [0.25, 0.3) is 0 Å². The van der Waals surface area contributed by atoms with Crippen molar-refractivity contribution in [3.8, 4) is 0 Å². The van der Waals surface area contributed by atoms with E-state index in [1.54, 1.807) is 0 Å². The third-order valence-corrected chi connectivity index (χ3v) is 2.92. The Balaban J connectivity index is 2.31. The van der Waals surface area contributed by atoms with Crippen LogP contribution in [0.25, 0.3) is 5.70 Å². The van der Waals surface area contributed by atoms with Gasteiger partial charge in [0.05, 0.1) is 0 Å². The van der Waals surface area contributed by atoms with Crippen LogP contribution in [0.1, 0.15) is 19.4 Å². The molecule has 2 N–H and O–H groups in total. The summed E-state index contributed by atoms with van der Waals surface area (Å²) in [6.07, 6.45) is 8.11. The van der Waals surface area contributed by atoms with Crippen molar-refractivity contribution in [1.29, 1.82) is 0 Å². The molecular weight excluding hydrogens is 206 g/mol. The van der Waals surface area contributed by atoms with Crippen LogP contribution in [0.5, 0.6) is 0 Å². The minimum absolute atomic E-state index is 0.0938. The quantitative estimate of drug-likeness (QED) is 0.777. The van der Waals surface area contributed by atoms with Gasteiger partial charge in [-0.2, -0.15) is 0 Å². The van der Waals surface area contributed by atoms with Crippen molar-refractivity contribution >= 4 is 5.70 Å². The lowest BCUT2D eigenvalue weighted by Crippen LogP contribution is -2.12. The van der Waals surface area contributed by atoms with Gasteiger partial charge in [-0.3, -0.25) is 0 Å². The summed E-state index contributed by atoms with van der Waals surface area (Å²) >= 11 is 0. The van der Waals surface area contributed by atoms with Crippen LogP contribution in [0.2, 0.25) is 0 Å². The highest BCUT2D eigenvalue weighted by atomic mass is 14.6. The largest absolute Gasteiger partial charge is 0.398 e. The Morgan fingerprint density at radius 2 is 1.94 bits per heavy atom. The normalized spacial score (nSPS) is 15.2. The number of rotatable bonds is 3. The smallest absolute Gasteiger partial charge is 0.0356 e. The Hall–Kier alpha value is -1.98. The topological polar surface area (TPSA) is 26.0 Å². The van der Waals surface area contributed by atoms with Gasteiger partial charge >= 0.3 is 0 Å². The first kappa shape index (κ1) is 11.5. The summed E-state index contributed by atoms with van der Waals surface area (Å²) in [7, 11) is 0. The van der Waals surface area contributed by atoms with Crippen molar-refractivity contribution in [2.75, 3.05) is 0 Å². The van der Waals surface area contributed by atoms with Crippen molar-refractivity contribution in [2.24, 2.45) is 11.1 Å². The van der Waals surface area contributed by atoms with E-state index in [9.17, 15) is 0 Å². The molecule has 0 saturated heterocycles. The predicted molar refractivity (Wildman–Crippen MR) is 73.1 cm³/mol. The van der Waals surface area contributed by atoms with Gasteiger partial charge in [0.2, 0.25) is 0 Å². The fourth-order valence-electron chi connectivity index (χ4n) is 1.91. The highest BCUT2D eigenvalue weighted by Crippen LogP contribution is 2.31. The number of allylic oxidation sites excluding steroid dienone is 4. The summed E-state index contributed by atoms with van der Waals surface area (Å²) in [5, 5.41) is 0. The first-order valence-corrected chi connectivity index (χ1v) is 5.77. The number of benzene rings is 1. The minimum Gasteiger partial charge on any atom is -0.398 e. The van der Waals surface area contributed by atoms with Gasteiger partial charge < -0.3 is 5.73 Å². The SMILES string of the molecule is CC(C)(/C=C(/N)c1ccccc1)C1=C=CC=C1. The summed E-state index contributed by atoms with van der Waals surface area (Å²) in [6.45, 7) is 4.29. The molecule has 1 aromatic rings. The molecule has 0 heterocycles. The monoisotopic (exact) mass is 223 g/mol. The zero-order valence-electron chi connectivity index (χ0n) is 10.3. The number of hydrogen-bond donors (Lipinski definition) is 1. The lowest BCUT2D eigenvalue weighted by Gasteiger charge is -2.21. The Labute approximate surface area is 103 Å². The van der Waals surface area contributed by atoms with Crippen molar-refractivity contribution in [1.82, 2.24) is 0 Å². The maximum absolute atomic E-state index is 6.13. The Bertz CT molecular complexity index is 524. The van der Waals surface area contributed by atoms with Crippen molar-refractivity contribution < 1.29 is 0 Å². The van der Waals surface area contributed by atoms with Crippen molar-refractivity contribution in [3.05, 3.63) is 71.5 Å². The van der Waals surface area contributed by atoms with E-state index < -0.39 is 0 Å². The highest BCUT2D eigenvalue weighted by molar-refractivity contribution is 5.64. The second-order valence-electron chi connectivity index (χ2n) is 4.77. The number of nitrogens with two attached hydrogens (primary N) is 1. The van der Waals surface area contributed by atoms with Gasteiger partial charge in [-0.25, -0.2) is 0 Å². The van der Waals surface area contributed by atoms with E-state index in [2.05, 4.69) is 31.7 Å². The first-order valence-electron chi connectivity index (χ1n) is 5.77. The van der Waals surface area contributed by atoms with E-state index in [-0.39, 0.29) is 5.41 Å². The maximum Gasteiger partial charge on any atom is 0.0356 e.